The van der Waals surface area contributed by atoms with Crippen molar-refractivity contribution in [1.29, 1.82) is 0 Å². The molecule has 2 aromatic carbocycles. The lowest BCUT2D eigenvalue weighted by atomic mass is 10.1. The van der Waals surface area contributed by atoms with Crippen molar-refractivity contribution in [2.24, 2.45) is 0 Å². The number of carbonyl (C=O) groups is 1. The predicted molar refractivity (Wildman–Crippen MR) is 104 cm³/mol. The van der Waals surface area contributed by atoms with Gasteiger partial charge in [-0.3, -0.25) is 4.79 Å². The first-order valence-corrected chi connectivity index (χ1v) is 10.0. The molecule has 0 atom stereocenters. The molecule has 0 aliphatic heterocycles. The van der Waals surface area contributed by atoms with E-state index in [1.807, 2.05) is 10.1 Å². The van der Waals surface area contributed by atoms with Gasteiger partial charge in [-0.1, -0.05) is 35.9 Å². The SMILES string of the molecule is O=C(COc1ccccc1Cl)Nc1cccc(C(F)(F)C(F)(F)OC(F)(F)C(F)(F)C(F)(F)OC(F)(F)F)c1. The number of benzene rings is 2. The molecular formula is C20H11ClF13NO4. The maximum atomic E-state index is 14.3. The van der Waals surface area contributed by atoms with Gasteiger partial charge in [0.25, 0.3) is 5.91 Å². The molecule has 2 aromatic rings. The van der Waals surface area contributed by atoms with Crippen LogP contribution in [0.3, 0.4) is 0 Å². The fourth-order valence-corrected chi connectivity index (χ4v) is 2.72. The Bertz CT molecular complexity index is 1170. The summed E-state index contributed by atoms with van der Waals surface area (Å²) in [5.74, 6) is -14.6. The number of para-hydroxylation sites is 1. The average Bonchev–Trinajstić information content (AvgIpc) is 2.76. The Morgan fingerprint density at radius 1 is 0.744 bits per heavy atom. The van der Waals surface area contributed by atoms with Crippen LogP contribution in [0.5, 0.6) is 5.75 Å². The summed E-state index contributed by atoms with van der Waals surface area (Å²) >= 11 is 5.79. The largest absolute Gasteiger partial charge is 0.527 e. The van der Waals surface area contributed by atoms with Gasteiger partial charge in [0.15, 0.2) is 6.61 Å². The van der Waals surface area contributed by atoms with Gasteiger partial charge in [-0.25, -0.2) is 9.47 Å². The van der Waals surface area contributed by atoms with Crippen molar-refractivity contribution in [3.05, 3.63) is 59.1 Å². The van der Waals surface area contributed by atoms with E-state index in [4.69, 9.17) is 16.3 Å². The lowest BCUT2D eigenvalue weighted by molar-refractivity contribution is -0.535. The molecule has 2 rings (SSSR count). The lowest BCUT2D eigenvalue weighted by Crippen LogP contribution is -2.61. The Labute approximate surface area is 213 Å². The van der Waals surface area contributed by atoms with Crippen molar-refractivity contribution in [3.63, 3.8) is 0 Å². The van der Waals surface area contributed by atoms with Gasteiger partial charge < -0.3 is 10.1 Å². The van der Waals surface area contributed by atoms with E-state index in [1.165, 1.54) is 29.0 Å². The maximum absolute atomic E-state index is 14.3. The first-order chi connectivity index (χ1) is 17.5. The zero-order valence-corrected chi connectivity index (χ0v) is 19.0. The lowest BCUT2D eigenvalue weighted by Gasteiger charge is -2.35. The molecule has 0 aliphatic rings. The highest BCUT2D eigenvalue weighted by Crippen LogP contribution is 2.54. The second kappa shape index (κ2) is 10.9. The van der Waals surface area contributed by atoms with Crippen LogP contribution in [0, 0.1) is 0 Å². The van der Waals surface area contributed by atoms with E-state index >= 15 is 0 Å². The molecule has 19 heteroatoms. The van der Waals surface area contributed by atoms with Crippen molar-refractivity contribution in [2.45, 2.75) is 36.5 Å². The monoisotopic (exact) mass is 611 g/mol. The maximum Gasteiger partial charge on any atom is 0.527 e. The van der Waals surface area contributed by atoms with Crippen LogP contribution < -0.4 is 10.1 Å². The molecule has 0 fully saturated rings. The van der Waals surface area contributed by atoms with Crippen molar-refractivity contribution < 1.29 is 76.1 Å². The third-order valence-corrected chi connectivity index (χ3v) is 4.61. The van der Waals surface area contributed by atoms with Crippen LogP contribution in [-0.4, -0.2) is 43.1 Å². The van der Waals surface area contributed by atoms with E-state index in [1.54, 1.807) is 0 Å². The zero-order valence-electron chi connectivity index (χ0n) is 18.3. The number of alkyl halides is 13. The van der Waals surface area contributed by atoms with Gasteiger partial charge in [0, 0.05) is 11.3 Å². The van der Waals surface area contributed by atoms with E-state index in [2.05, 4.69) is 0 Å². The second-order valence-electron chi connectivity index (χ2n) is 7.20. The van der Waals surface area contributed by atoms with Crippen LogP contribution in [0.2, 0.25) is 5.02 Å². The smallest absolute Gasteiger partial charge is 0.482 e. The zero-order chi connectivity index (χ0) is 30.1. The molecule has 39 heavy (non-hydrogen) atoms. The number of hydrogen-bond acceptors (Lipinski definition) is 4. The summed E-state index contributed by atoms with van der Waals surface area (Å²) in [5.41, 5.74) is -2.67. The van der Waals surface area contributed by atoms with E-state index in [0.717, 1.165) is 6.07 Å². The summed E-state index contributed by atoms with van der Waals surface area (Å²) in [6, 6.07) is 7.24. The number of halogens is 14. The minimum atomic E-state index is -7.54. The summed E-state index contributed by atoms with van der Waals surface area (Å²) in [4.78, 5) is 12.0. The summed E-state index contributed by atoms with van der Waals surface area (Å²) in [6.07, 6.45) is -28.0. The number of rotatable bonds is 11. The highest BCUT2D eigenvalue weighted by Gasteiger charge is 2.80. The predicted octanol–water partition coefficient (Wildman–Crippen LogP) is 7.42. The molecule has 1 amide bonds. The fraction of sp³-hybridized carbons (Fsp3) is 0.350. The van der Waals surface area contributed by atoms with Crippen LogP contribution in [0.4, 0.5) is 62.8 Å². The number of nitrogens with one attached hydrogen (secondary N) is 1. The summed E-state index contributed by atoms with van der Waals surface area (Å²) in [5, 5.41) is 1.96. The molecule has 0 saturated carbocycles. The summed E-state index contributed by atoms with van der Waals surface area (Å²) in [6.45, 7) is -0.806. The Kier molecular flexibility index (Phi) is 8.99. The van der Waals surface area contributed by atoms with Crippen molar-refractivity contribution in [1.82, 2.24) is 0 Å². The molecule has 218 valence electrons. The summed E-state index contributed by atoms with van der Waals surface area (Å²) < 4.78 is 181. The fourth-order valence-electron chi connectivity index (χ4n) is 2.53. The Morgan fingerprint density at radius 2 is 1.31 bits per heavy atom. The number of amides is 1. The van der Waals surface area contributed by atoms with Crippen LogP contribution in [0.25, 0.3) is 0 Å². The van der Waals surface area contributed by atoms with Crippen molar-refractivity contribution >= 4 is 23.2 Å². The molecule has 0 radical (unpaired) electrons. The highest BCUT2D eigenvalue weighted by molar-refractivity contribution is 6.32. The van der Waals surface area contributed by atoms with Gasteiger partial charge in [0.2, 0.25) is 0 Å². The van der Waals surface area contributed by atoms with Crippen molar-refractivity contribution in [3.8, 4) is 5.75 Å². The molecule has 0 unspecified atom stereocenters. The topological polar surface area (TPSA) is 56.8 Å². The van der Waals surface area contributed by atoms with Gasteiger partial charge in [-0.05, 0) is 24.3 Å². The highest BCUT2D eigenvalue weighted by atomic mass is 35.5. The molecule has 1 N–H and O–H groups in total. The molecule has 5 nitrogen and oxygen atoms in total. The minimum Gasteiger partial charge on any atom is -0.482 e. The van der Waals surface area contributed by atoms with Crippen LogP contribution in [0.15, 0.2) is 48.5 Å². The van der Waals surface area contributed by atoms with Crippen LogP contribution >= 0.6 is 11.6 Å². The number of hydrogen-bond donors (Lipinski definition) is 1. The average molecular weight is 612 g/mol. The van der Waals surface area contributed by atoms with E-state index in [-0.39, 0.29) is 22.9 Å². The molecule has 0 spiro atoms. The van der Waals surface area contributed by atoms with Gasteiger partial charge in [-0.2, -0.15) is 43.9 Å². The number of ether oxygens (including phenoxy) is 3. The first kappa shape index (κ1) is 32.2. The Balaban J connectivity index is 2.23. The molecule has 0 bridgehead atoms. The molecule has 0 saturated heterocycles. The minimum absolute atomic E-state index is 0.00957. The second-order valence-corrected chi connectivity index (χ2v) is 7.60. The first-order valence-electron chi connectivity index (χ1n) is 9.66. The Hall–Kier alpha value is -2.99. The van der Waals surface area contributed by atoms with E-state index in [0.29, 0.717) is 6.07 Å². The normalized spacial score (nSPS) is 13.8. The summed E-state index contributed by atoms with van der Waals surface area (Å²) in [7, 11) is 0. The quantitative estimate of drug-likeness (QED) is 0.269. The van der Waals surface area contributed by atoms with E-state index < -0.39 is 60.3 Å². The van der Waals surface area contributed by atoms with Crippen LogP contribution in [0.1, 0.15) is 5.56 Å². The van der Waals surface area contributed by atoms with Crippen molar-refractivity contribution in [2.75, 3.05) is 11.9 Å². The Morgan fingerprint density at radius 3 is 1.87 bits per heavy atom. The van der Waals surface area contributed by atoms with Gasteiger partial charge in [0.1, 0.15) is 5.75 Å². The number of anilines is 1. The van der Waals surface area contributed by atoms with E-state index in [9.17, 15) is 61.9 Å². The molecule has 0 heterocycles. The molecule has 0 aliphatic carbocycles. The third kappa shape index (κ3) is 7.36. The third-order valence-electron chi connectivity index (χ3n) is 4.30. The van der Waals surface area contributed by atoms with Gasteiger partial charge in [-0.15, -0.1) is 13.2 Å². The van der Waals surface area contributed by atoms with Gasteiger partial charge >= 0.3 is 36.5 Å². The molecular weight excluding hydrogens is 601 g/mol. The van der Waals surface area contributed by atoms with Gasteiger partial charge in [0.05, 0.1) is 5.02 Å². The standard InChI is InChI=1S/C20H11ClF13NO4/c21-12-6-1-2-7-13(12)37-9-14(36)35-11-5-3-4-10(8-11)15(22,23)17(26,27)38-18(28,29)16(24,25)19(30,31)39-20(32,33)34/h1-8H,9H2,(H,35,36). The molecule has 0 aromatic heterocycles. The van der Waals surface area contributed by atoms with Crippen LogP contribution in [-0.2, 0) is 20.2 Å². The number of carbonyl (C=O) groups excluding carboxylic acids is 1.